The van der Waals surface area contributed by atoms with Crippen molar-refractivity contribution in [3.63, 3.8) is 0 Å². The first-order valence-electron chi connectivity index (χ1n) is 9.37. The highest BCUT2D eigenvalue weighted by Crippen LogP contribution is 2.33. The van der Waals surface area contributed by atoms with Crippen LogP contribution in [0.5, 0.6) is 0 Å². The topological polar surface area (TPSA) is 79.4 Å². The van der Waals surface area contributed by atoms with Crippen molar-refractivity contribution in [2.45, 2.75) is 36.9 Å². The van der Waals surface area contributed by atoms with Gasteiger partial charge in [-0.25, -0.2) is 13.4 Å². The van der Waals surface area contributed by atoms with Gasteiger partial charge < -0.3 is 5.32 Å². The zero-order valence-corrected chi connectivity index (χ0v) is 19.6. The number of nitrogens with one attached hydrogen (secondary N) is 1. The first kappa shape index (κ1) is 21.5. The maximum Gasteiger partial charge on any atom is 0.253 e. The van der Waals surface area contributed by atoms with Gasteiger partial charge >= 0.3 is 0 Å². The molecule has 6 nitrogen and oxygen atoms in total. The molecule has 0 radical (unpaired) electrons. The Hall–Kier alpha value is -1.78. The van der Waals surface area contributed by atoms with Gasteiger partial charge in [0.25, 0.3) is 10.0 Å². The van der Waals surface area contributed by atoms with Crippen LogP contribution in [0.3, 0.4) is 0 Å². The summed E-state index contributed by atoms with van der Waals surface area (Å²) in [6.07, 6.45) is 1.10. The molecule has 1 atom stereocenters. The minimum Gasteiger partial charge on any atom is -0.301 e. The van der Waals surface area contributed by atoms with Crippen molar-refractivity contribution >= 4 is 55.3 Å². The summed E-state index contributed by atoms with van der Waals surface area (Å²) in [6, 6.07) is 8.42. The summed E-state index contributed by atoms with van der Waals surface area (Å²) in [6.45, 7) is 4.35. The van der Waals surface area contributed by atoms with Crippen LogP contribution in [0.4, 0.5) is 5.13 Å². The minimum absolute atomic E-state index is 0.152. The summed E-state index contributed by atoms with van der Waals surface area (Å²) in [7, 11) is -3.76. The predicted octanol–water partition coefficient (Wildman–Crippen LogP) is 4.93. The molecule has 1 N–H and O–H groups in total. The van der Waals surface area contributed by atoms with Gasteiger partial charge in [-0.05, 0) is 50.5 Å². The zero-order valence-electron chi connectivity index (χ0n) is 16.4. The van der Waals surface area contributed by atoms with Crippen LogP contribution in [0, 0.1) is 13.8 Å². The third-order valence-corrected chi connectivity index (χ3v) is 9.39. The van der Waals surface area contributed by atoms with Crippen molar-refractivity contribution in [3.05, 3.63) is 51.2 Å². The first-order chi connectivity index (χ1) is 14.3. The number of thiophene rings is 1. The van der Waals surface area contributed by atoms with Crippen LogP contribution in [-0.2, 0) is 14.8 Å². The number of aromatic nitrogens is 1. The lowest BCUT2D eigenvalue weighted by Gasteiger charge is -2.22. The molecule has 1 saturated heterocycles. The number of rotatable bonds is 5. The van der Waals surface area contributed by atoms with Crippen LogP contribution >= 0.6 is 34.3 Å². The van der Waals surface area contributed by atoms with Gasteiger partial charge in [-0.1, -0.05) is 29.3 Å². The van der Waals surface area contributed by atoms with Crippen LogP contribution in [0.15, 0.2) is 39.9 Å². The van der Waals surface area contributed by atoms with Gasteiger partial charge in [0.15, 0.2) is 5.13 Å². The van der Waals surface area contributed by atoms with Crippen molar-refractivity contribution in [1.82, 2.24) is 9.29 Å². The van der Waals surface area contributed by atoms with Crippen LogP contribution in [0.1, 0.15) is 24.0 Å². The Morgan fingerprint density at radius 2 is 2.07 bits per heavy atom. The lowest BCUT2D eigenvalue weighted by atomic mass is 10.0. The normalized spacial score (nSPS) is 17.4. The van der Waals surface area contributed by atoms with Gasteiger partial charge in [0.2, 0.25) is 5.91 Å². The molecular weight excluding hydrogens is 462 g/mol. The van der Waals surface area contributed by atoms with E-state index in [1.54, 1.807) is 6.07 Å². The zero-order chi connectivity index (χ0) is 21.5. The molecule has 1 amide bonds. The van der Waals surface area contributed by atoms with E-state index in [2.05, 4.69) is 16.4 Å². The SMILES string of the molecule is Cc1ccc(C)c(-c2csc(NC(=O)C3CCCN3S(=O)(=O)c3ccc(Cl)s3)n2)c1. The van der Waals surface area contributed by atoms with E-state index in [1.165, 1.54) is 21.7 Å². The van der Waals surface area contributed by atoms with Crippen molar-refractivity contribution in [1.29, 1.82) is 0 Å². The van der Waals surface area contributed by atoms with Gasteiger partial charge in [-0.3, -0.25) is 4.79 Å². The van der Waals surface area contributed by atoms with Crippen molar-refractivity contribution < 1.29 is 13.2 Å². The molecule has 1 unspecified atom stereocenters. The quantitative estimate of drug-likeness (QED) is 0.560. The number of halogens is 1. The average molecular weight is 482 g/mol. The maximum atomic E-state index is 13.0. The van der Waals surface area contributed by atoms with Crippen LogP contribution < -0.4 is 5.32 Å². The molecule has 0 bridgehead atoms. The molecule has 1 fully saturated rings. The van der Waals surface area contributed by atoms with E-state index in [9.17, 15) is 13.2 Å². The van der Waals surface area contributed by atoms with E-state index in [1.807, 2.05) is 31.4 Å². The number of sulfonamides is 1. The second kappa shape index (κ2) is 8.39. The third kappa shape index (κ3) is 4.17. The molecule has 1 aliphatic heterocycles. The highest BCUT2D eigenvalue weighted by molar-refractivity contribution is 7.91. The molecule has 1 aliphatic rings. The van der Waals surface area contributed by atoms with E-state index in [0.717, 1.165) is 33.7 Å². The molecule has 158 valence electrons. The monoisotopic (exact) mass is 481 g/mol. The number of amides is 1. The molecule has 3 heterocycles. The molecule has 4 rings (SSSR count). The highest BCUT2D eigenvalue weighted by Gasteiger charge is 2.40. The number of hydrogen-bond acceptors (Lipinski definition) is 6. The number of thiazole rings is 1. The number of hydrogen-bond donors (Lipinski definition) is 1. The molecule has 1 aromatic carbocycles. The van der Waals surface area contributed by atoms with E-state index in [0.29, 0.717) is 28.9 Å². The van der Waals surface area contributed by atoms with Crippen molar-refractivity contribution in [2.75, 3.05) is 11.9 Å². The van der Waals surface area contributed by atoms with Crippen LogP contribution in [0.25, 0.3) is 11.3 Å². The Balaban J connectivity index is 1.53. The van der Waals surface area contributed by atoms with Crippen molar-refractivity contribution in [3.8, 4) is 11.3 Å². The summed E-state index contributed by atoms with van der Waals surface area (Å²) >= 11 is 8.23. The summed E-state index contributed by atoms with van der Waals surface area (Å²) in [4.78, 5) is 17.4. The number of carbonyl (C=O) groups excluding carboxylic acids is 1. The Kier molecular flexibility index (Phi) is 6.00. The molecule has 0 saturated carbocycles. The Bertz CT molecular complexity index is 1200. The highest BCUT2D eigenvalue weighted by atomic mass is 35.5. The Labute approximate surface area is 188 Å². The minimum atomic E-state index is -3.76. The third-order valence-electron chi connectivity index (χ3n) is 5.02. The number of carbonyl (C=O) groups is 1. The first-order valence-corrected chi connectivity index (χ1v) is 12.9. The lowest BCUT2D eigenvalue weighted by Crippen LogP contribution is -2.42. The van der Waals surface area contributed by atoms with Gasteiger partial charge in [-0.15, -0.1) is 22.7 Å². The van der Waals surface area contributed by atoms with Crippen LogP contribution in [-0.4, -0.2) is 36.2 Å². The largest absolute Gasteiger partial charge is 0.301 e. The fraction of sp³-hybridized carbons (Fsp3) is 0.300. The molecule has 3 aromatic rings. The average Bonchev–Trinajstić information content (AvgIpc) is 3.44. The summed E-state index contributed by atoms with van der Waals surface area (Å²) < 4.78 is 27.7. The number of nitrogens with zero attached hydrogens (tertiary/aromatic N) is 2. The lowest BCUT2D eigenvalue weighted by molar-refractivity contribution is -0.119. The standard InChI is InChI=1S/C20H20ClN3O3S3/c1-12-5-6-13(2)14(10-12)15-11-28-20(22-15)23-19(25)16-4-3-9-24(16)30(26,27)18-8-7-17(21)29-18/h5-8,10-11,16H,3-4,9H2,1-2H3,(H,22,23,25). The molecule has 0 aliphatic carbocycles. The van der Waals surface area contributed by atoms with E-state index in [-0.39, 0.29) is 10.1 Å². The van der Waals surface area contributed by atoms with Gasteiger partial charge in [-0.2, -0.15) is 4.31 Å². The van der Waals surface area contributed by atoms with Crippen LogP contribution in [0.2, 0.25) is 4.34 Å². The number of aryl methyl sites for hydroxylation is 2. The Morgan fingerprint density at radius 3 is 2.80 bits per heavy atom. The fourth-order valence-corrected chi connectivity index (χ4v) is 7.48. The van der Waals surface area contributed by atoms with E-state index < -0.39 is 16.1 Å². The molecular formula is C20H20ClN3O3S3. The van der Waals surface area contributed by atoms with Crippen molar-refractivity contribution in [2.24, 2.45) is 0 Å². The Morgan fingerprint density at radius 1 is 1.27 bits per heavy atom. The number of benzene rings is 1. The molecule has 10 heteroatoms. The second-order valence-corrected chi connectivity index (χ2v) is 11.9. The summed E-state index contributed by atoms with van der Waals surface area (Å²) in [5.41, 5.74) is 4.05. The van der Waals surface area contributed by atoms with Gasteiger partial charge in [0.05, 0.1) is 10.0 Å². The molecule has 30 heavy (non-hydrogen) atoms. The van der Waals surface area contributed by atoms with Gasteiger partial charge in [0, 0.05) is 17.5 Å². The summed E-state index contributed by atoms with van der Waals surface area (Å²) in [5.74, 6) is -0.361. The molecule has 2 aromatic heterocycles. The number of anilines is 1. The maximum absolute atomic E-state index is 13.0. The van der Waals surface area contributed by atoms with E-state index in [4.69, 9.17) is 11.6 Å². The fourth-order valence-electron chi connectivity index (χ4n) is 3.50. The predicted molar refractivity (Wildman–Crippen MR) is 122 cm³/mol. The van der Waals surface area contributed by atoms with Gasteiger partial charge in [0.1, 0.15) is 10.3 Å². The van der Waals surface area contributed by atoms with E-state index >= 15 is 0 Å². The summed E-state index contributed by atoms with van der Waals surface area (Å²) in [5, 5.41) is 5.16. The smallest absolute Gasteiger partial charge is 0.253 e. The molecule has 0 spiro atoms. The second-order valence-electron chi connectivity index (χ2n) is 7.18.